The maximum absolute atomic E-state index is 11.7. The van der Waals surface area contributed by atoms with Crippen LogP contribution in [-0.2, 0) is 0 Å². The Morgan fingerprint density at radius 1 is 1.50 bits per heavy atom. The molecule has 0 saturated heterocycles. The Bertz CT molecular complexity index is 377. The van der Waals surface area contributed by atoms with Crippen molar-refractivity contribution >= 4 is 17.4 Å². The van der Waals surface area contributed by atoms with Crippen molar-refractivity contribution in [2.75, 3.05) is 13.7 Å². The minimum Gasteiger partial charge on any atom is -0.495 e. The average molecular weight is 242 g/mol. The van der Waals surface area contributed by atoms with E-state index in [4.69, 9.17) is 16.3 Å². The summed E-state index contributed by atoms with van der Waals surface area (Å²) in [5.74, 6) is 0.605. The Hall–Kier alpha value is -1.06. The van der Waals surface area contributed by atoms with Crippen LogP contribution in [0, 0.1) is 0 Å². The second kappa shape index (κ2) is 5.87. The van der Waals surface area contributed by atoms with Gasteiger partial charge in [-0.3, -0.25) is 4.79 Å². The van der Waals surface area contributed by atoms with Gasteiger partial charge in [0.2, 0.25) is 0 Å². The largest absolute Gasteiger partial charge is 0.495 e. The van der Waals surface area contributed by atoms with Crippen molar-refractivity contribution < 1.29 is 9.53 Å². The minimum atomic E-state index is 0.0262. The number of halogens is 1. The van der Waals surface area contributed by atoms with E-state index >= 15 is 0 Å². The predicted molar refractivity (Wildman–Crippen MR) is 65.5 cm³/mol. The monoisotopic (exact) mass is 241 g/mol. The van der Waals surface area contributed by atoms with E-state index in [1.807, 2.05) is 13.8 Å². The smallest absolute Gasteiger partial charge is 0.176 e. The average Bonchev–Trinajstić information content (AvgIpc) is 2.25. The zero-order valence-electron chi connectivity index (χ0n) is 9.71. The molecule has 0 bridgehead atoms. The van der Waals surface area contributed by atoms with Gasteiger partial charge in [0, 0.05) is 11.6 Å². The summed E-state index contributed by atoms with van der Waals surface area (Å²) >= 11 is 5.94. The molecule has 88 valence electrons. The SMILES string of the molecule is COc1ccc(C(=O)CNC(C)C)cc1Cl. The van der Waals surface area contributed by atoms with Gasteiger partial charge < -0.3 is 10.1 Å². The number of ether oxygens (including phenoxy) is 1. The van der Waals surface area contributed by atoms with E-state index < -0.39 is 0 Å². The molecule has 1 aromatic carbocycles. The quantitative estimate of drug-likeness (QED) is 0.806. The molecule has 0 aliphatic carbocycles. The first-order chi connectivity index (χ1) is 7.54. The van der Waals surface area contributed by atoms with Crippen LogP contribution in [0.3, 0.4) is 0 Å². The number of carbonyl (C=O) groups is 1. The van der Waals surface area contributed by atoms with Crippen LogP contribution in [0.2, 0.25) is 5.02 Å². The Balaban J connectivity index is 2.73. The van der Waals surface area contributed by atoms with Crippen molar-refractivity contribution in [1.82, 2.24) is 5.32 Å². The Labute approximate surface area is 101 Å². The highest BCUT2D eigenvalue weighted by Crippen LogP contribution is 2.24. The highest BCUT2D eigenvalue weighted by atomic mass is 35.5. The van der Waals surface area contributed by atoms with E-state index in [0.717, 1.165) is 0 Å². The Kier molecular flexibility index (Phi) is 4.77. The molecule has 0 radical (unpaired) electrons. The summed E-state index contributed by atoms with van der Waals surface area (Å²) in [7, 11) is 1.54. The number of methoxy groups -OCH3 is 1. The molecule has 0 aliphatic rings. The van der Waals surface area contributed by atoms with E-state index in [1.54, 1.807) is 25.3 Å². The zero-order valence-corrected chi connectivity index (χ0v) is 10.5. The molecule has 0 atom stereocenters. The molecule has 0 unspecified atom stereocenters. The zero-order chi connectivity index (χ0) is 12.1. The number of nitrogens with one attached hydrogen (secondary N) is 1. The van der Waals surface area contributed by atoms with E-state index in [1.165, 1.54) is 0 Å². The van der Waals surface area contributed by atoms with Crippen LogP contribution < -0.4 is 10.1 Å². The normalized spacial score (nSPS) is 10.6. The number of rotatable bonds is 5. The minimum absolute atomic E-state index is 0.0262. The molecule has 0 aromatic heterocycles. The summed E-state index contributed by atoms with van der Waals surface area (Å²) in [6.07, 6.45) is 0. The van der Waals surface area contributed by atoms with Gasteiger partial charge in [0.05, 0.1) is 18.7 Å². The summed E-state index contributed by atoms with van der Waals surface area (Å²) in [5.41, 5.74) is 0.596. The molecule has 0 saturated carbocycles. The molecule has 0 heterocycles. The summed E-state index contributed by atoms with van der Waals surface area (Å²) in [6, 6.07) is 5.34. The van der Waals surface area contributed by atoms with Gasteiger partial charge in [-0.15, -0.1) is 0 Å². The number of benzene rings is 1. The fourth-order valence-corrected chi connectivity index (χ4v) is 1.50. The van der Waals surface area contributed by atoms with Crippen molar-refractivity contribution in [1.29, 1.82) is 0 Å². The third-order valence-corrected chi connectivity index (χ3v) is 2.44. The van der Waals surface area contributed by atoms with Gasteiger partial charge in [0.1, 0.15) is 5.75 Å². The van der Waals surface area contributed by atoms with E-state index in [9.17, 15) is 4.79 Å². The van der Waals surface area contributed by atoms with Crippen LogP contribution in [-0.4, -0.2) is 25.5 Å². The van der Waals surface area contributed by atoms with Crippen LogP contribution in [0.1, 0.15) is 24.2 Å². The molecule has 0 fully saturated rings. The van der Waals surface area contributed by atoms with Gasteiger partial charge in [-0.2, -0.15) is 0 Å². The molecule has 1 aromatic rings. The Morgan fingerprint density at radius 2 is 2.19 bits per heavy atom. The number of hydrogen-bond acceptors (Lipinski definition) is 3. The standard InChI is InChI=1S/C12H16ClNO2/c1-8(2)14-7-11(15)9-4-5-12(16-3)10(13)6-9/h4-6,8,14H,7H2,1-3H3. The van der Waals surface area contributed by atoms with Crippen molar-refractivity contribution in [3.8, 4) is 5.75 Å². The topological polar surface area (TPSA) is 38.3 Å². The maximum Gasteiger partial charge on any atom is 0.176 e. The second-order valence-corrected chi connectivity index (χ2v) is 4.22. The fraction of sp³-hybridized carbons (Fsp3) is 0.417. The van der Waals surface area contributed by atoms with Crippen molar-refractivity contribution in [3.63, 3.8) is 0 Å². The highest BCUT2D eigenvalue weighted by Gasteiger charge is 2.09. The molecule has 0 aliphatic heterocycles. The second-order valence-electron chi connectivity index (χ2n) is 3.81. The fourth-order valence-electron chi connectivity index (χ4n) is 1.24. The van der Waals surface area contributed by atoms with Crippen molar-refractivity contribution in [2.45, 2.75) is 19.9 Å². The maximum atomic E-state index is 11.7. The molecular weight excluding hydrogens is 226 g/mol. The number of Topliss-reactive ketones (excluding diaryl/α,β-unsaturated/α-hetero) is 1. The lowest BCUT2D eigenvalue weighted by Gasteiger charge is -2.08. The molecule has 0 amide bonds. The third kappa shape index (κ3) is 3.51. The summed E-state index contributed by atoms with van der Waals surface area (Å²) in [6.45, 7) is 4.31. The lowest BCUT2D eigenvalue weighted by Crippen LogP contribution is -2.29. The lowest BCUT2D eigenvalue weighted by atomic mass is 10.1. The van der Waals surface area contributed by atoms with Gasteiger partial charge in [0.25, 0.3) is 0 Å². The predicted octanol–water partition coefficient (Wildman–Crippen LogP) is 2.53. The van der Waals surface area contributed by atoms with Crippen LogP contribution in [0.4, 0.5) is 0 Å². The molecule has 0 spiro atoms. The molecule has 4 heteroatoms. The first-order valence-electron chi connectivity index (χ1n) is 5.14. The van der Waals surface area contributed by atoms with E-state index in [2.05, 4.69) is 5.32 Å². The van der Waals surface area contributed by atoms with E-state index in [0.29, 0.717) is 22.9 Å². The summed E-state index contributed by atoms with van der Waals surface area (Å²) < 4.78 is 5.02. The summed E-state index contributed by atoms with van der Waals surface area (Å²) in [4.78, 5) is 11.7. The van der Waals surface area contributed by atoms with Gasteiger partial charge in [-0.05, 0) is 18.2 Å². The van der Waals surface area contributed by atoms with Gasteiger partial charge in [-0.25, -0.2) is 0 Å². The van der Waals surface area contributed by atoms with Gasteiger partial charge >= 0.3 is 0 Å². The van der Waals surface area contributed by atoms with Gasteiger partial charge in [0.15, 0.2) is 5.78 Å². The number of ketones is 1. The molecule has 16 heavy (non-hydrogen) atoms. The number of carbonyl (C=O) groups excluding carboxylic acids is 1. The first-order valence-corrected chi connectivity index (χ1v) is 5.52. The van der Waals surface area contributed by atoms with Crippen LogP contribution >= 0.6 is 11.6 Å². The van der Waals surface area contributed by atoms with Crippen LogP contribution in [0.25, 0.3) is 0 Å². The lowest BCUT2D eigenvalue weighted by molar-refractivity contribution is 0.0988. The Morgan fingerprint density at radius 3 is 2.69 bits per heavy atom. The van der Waals surface area contributed by atoms with Gasteiger partial charge in [-0.1, -0.05) is 25.4 Å². The molecule has 1 rings (SSSR count). The third-order valence-electron chi connectivity index (χ3n) is 2.14. The van der Waals surface area contributed by atoms with Crippen molar-refractivity contribution in [2.24, 2.45) is 0 Å². The van der Waals surface area contributed by atoms with E-state index in [-0.39, 0.29) is 11.8 Å². The molecule has 1 N–H and O–H groups in total. The first kappa shape index (κ1) is 13.0. The molecule has 3 nitrogen and oxygen atoms in total. The van der Waals surface area contributed by atoms with Crippen LogP contribution in [0.15, 0.2) is 18.2 Å². The molecular formula is C12H16ClNO2. The number of hydrogen-bond donors (Lipinski definition) is 1. The van der Waals surface area contributed by atoms with Crippen molar-refractivity contribution in [3.05, 3.63) is 28.8 Å². The summed E-state index contributed by atoms with van der Waals surface area (Å²) in [5, 5.41) is 3.52. The van der Waals surface area contributed by atoms with Crippen LogP contribution in [0.5, 0.6) is 5.75 Å². The highest BCUT2D eigenvalue weighted by molar-refractivity contribution is 6.32.